The quantitative estimate of drug-likeness (QED) is 0.803. The van der Waals surface area contributed by atoms with Crippen molar-refractivity contribution in [1.29, 1.82) is 0 Å². The van der Waals surface area contributed by atoms with Gasteiger partial charge in [-0.25, -0.2) is 0 Å². The minimum Gasteiger partial charge on any atom is -0.395 e. The molecule has 112 valence electrons. The molecular formula is C16H15BrCl2O2. The Hall–Kier alpha value is -0.580. The topological polar surface area (TPSA) is 40.5 Å². The van der Waals surface area contributed by atoms with Gasteiger partial charge in [0.25, 0.3) is 0 Å². The van der Waals surface area contributed by atoms with Crippen LogP contribution in [0, 0.1) is 0 Å². The number of hydrogen-bond acceptors (Lipinski definition) is 2. The van der Waals surface area contributed by atoms with E-state index in [1.165, 1.54) is 0 Å². The molecule has 0 saturated carbocycles. The van der Waals surface area contributed by atoms with E-state index in [9.17, 15) is 10.2 Å². The van der Waals surface area contributed by atoms with Crippen LogP contribution in [0.5, 0.6) is 0 Å². The molecule has 0 amide bonds. The van der Waals surface area contributed by atoms with Gasteiger partial charge in [0.05, 0.1) is 13.2 Å². The zero-order valence-corrected chi connectivity index (χ0v) is 14.3. The lowest BCUT2D eigenvalue weighted by atomic mass is 9.77. The maximum atomic E-state index is 9.88. The normalized spacial score (nSPS) is 11.7. The average molecular weight is 390 g/mol. The van der Waals surface area contributed by atoms with E-state index in [-0.39, 0.29) is 13.2 Å². The van der Waals surface area contributed by atoms with Crippen molar-refractivity contribution in [3.8, 4) is 0 Å². The maximum Gasteiger partial charge on any atom is 0.0553 e. The van der Waals surface area contributed by atoms with Crippen molar-refractivity contribution in [1.82, 2.24) is 0 Å². The van der Waals surface area contributed by atoms with Gasteiger partial charge in [-0.05, 0) is 41.8 Å². The number of aliphatic hydroxyl groups excluding tert-OH is 2. The number of halogens is 3. The molecule has 5 heteroatoms. The Balaban J connectivity index is 2.43. The summed E-state index contributed by atoms with van der Waals surface area (Å²) >= 11 is 15.5. The smallest absolute Gasteiger partial charge is 0.0553 e. The van der Waals surface area contributed by atoms with Crippen LogP contribution in [0.15, 0.2) is 46.9 Å². The van der Waals surface area contributed by atoms with E-state index < -0.39 is 5.41 Å². The molecule has 0 unspecified atom stereocenters. The van der Waals surface area contributed by atoms with Crippen molar-refractivity contribution in [3.05, 3.63) is 68.1 Å². The van der Waals surface area contributed by atoms with E-state index >= 15 is 0 Å². The highest BCUT2D eigenvalue weighted by atomic mass is 79.9. The first-order valence-electron chi connectivity index (χ1n) is 6.42. The lowest BCUT2D eigenvalue weighted by molar-refractivity contribution is 0.116. The number of hydrogen-bond donors (Lipinski definition) is 2. The summed E-state index contributed by atoms with van der Waals surface area (Å²) in [4.78, 5) is 0. The molecule has 0 heterocycles. The highest BCUT2D eigenvalue weighted by Gasteiger charge is 2.32. The van der Waals surface area contributed by atoms with Crippen LogP contribution in [0.1, 0.15) is 11.1 Å². The van der Waals surface area contributed by atoms with Crippen LogP contribution in [-0.4, -0.2) is 23.4 Å². The van der Waals surface area contributed by atoms with E-state index in [2.05, 4.69) is 15.9 Å². The molecule has 0 aromatic heterocycles. The van der Waals surface area contributed by atoms with Gasteiger partial charge in [0, 0.05) is 19.9 Å². The number of benzene rings is 2. The summed E-state index contributed by atoms with van der Waals surface area (Å²) in [5, 5.41) is 20.9. The predicted molar refractivity (Wildman–Crippen MR) is 90.2 cm³/mol. The van der Waals surface area contributed by atoms with Crippen molar-refractivity contribution < 1.29 is 10.2 Å². The van der Waals surface area contributed by atoms with Crippen LogP contribution in [0.2, 0.25) is 10.0 Å². The summed E-state index contributed by atoms with van der Waals surface area (Å²) in [6, 6.07) is 12.8. The Labute approximate surface area is 142 Å². The largest absolute Gasteiger partial charge is 0.395 e. The van der Waals surface area contributed by atoms with Crippen molar-refractivity contribution in [2.45, 2.75) is 11.8 Å². The second-order valence-corrected chi connectivity index (χ2v) is 6.78. The second-order valence-electron chi connectivity index (χ2n) is 5.02. The Morgan fingerprint density at radius 2 is 1.71 bits per heavy atom. The number of rotatable bonds is 5. The molecule has 2 aromatic rings. The zero-order chi connectivity index (χ0) is 15.5. The van der Waals surface area contributed by atoms with Gasteiger partial charge in [0.15, 0.2) is 0 Å². The lowest BCUT2D eigenvalue weighted by Crippen LogP contribution is -2.37. The minimum atomic E-state index is -0.790. The molecule has 0 spiro atoms. The molecule has 0 fully saturated rings. The fraction of sp³-hybridized carbons (Fsp3) is 0.250. The third-order valence-corrected chi connectivity index (χ3v) is 4.67. The first-order chi connectivity index (χ1) is 10.0. The first kappa shape index (κ1) is 16.8. The number of aliphatic hydroxyl groups is 2. The van der Waals surface area contributed by atoms with Gasteiger partial charge in [-0.3, -0.25) is 0 Å². The fourth-order valence-electron chi connectivity index (χ4n) is 2.29. The van der Waals surface area contributed by atoms with E-state index in [0.29, 0.717) is 16.5 Å². The standard InChI is InChI=1S/C16H15BrCl2O2/c17-13-3-1-2-12(6-13)16(9-20,10-21)8-11-4-5-14(18)7-15(11)19/h1-7,20-21H,8-10H2. The Bertz CT molecular complexity index is 627. The highest BCUT2D eigenvalue weighted by molar-refractivity contribution is 9.10. The Kier molecular flexibility index (Phi) is 5.69. The third kappa shape index (κ3) is 3.79. The highest BCUT2D eigenvalue weighted by Crippen LogP contribution is 2.33. The SMILES string of the molecule is OCC(CO)(Cc1ccc(Cl)cc1Cl)c1cccc(Br)c1. The molecule has 0 atom stereocenters. The predicted octanol–water partition coefficient (Wildman–Crippen LogP) is 4.22. The molecule has 2 rings (SSSR count). The van der Waals surface area contributed by atoms with E-state index in [1.54, 1.807) is 12.1 Å². The zero-order valence-electron chi connectivity index (χ0n) is 11.2. The maximum absolute atomic E-state index is 9.88. The van der Waals surface area contributed by atoms with Crippen molar-refractivity contribution in [3.63, 3.8) is 0 Å². The van der Waals surface area contributed by atoms with Crippen molar-refractivity contribution >= 4 is 39.1 Å². The van der Waals surface area contributed by atoms with Gasteiger partial charge in [0.1, 0.15) is 0 Å². The van der Waals surface area contributed by atoms with Gasteiger partial charge in [-0.1, -0.05) is 57.3 Å². The average Bonchev–Trinajstić information content (AvgIpc) is 2.47. The van der Waals surface area contributed by atoms with Gasteiger partial charge >= 0.3 is 0 Å². The molecule has 0 radical (unpaired) electrons. The van der Waals surface area contributed by atoms with Gasteiger partial charge in [-0.2, -0.15) is 0 Å². The summed E-state index contributed by atoms with van der Waals surface area (Å²) < 4.78 is 0.897. The van der Waals surface area contributed by atoms with Crippen molar-refractivity contribution in [2.75, 3.05) is 13.2 Å². The Morgan fingerprint density at radius 1 is 1.00 bits per heavy atom. The lowest BCUT2D eigenvalue weighted by Gasteiger charge is -2.31. The molecule has 0 aliphatic heterocycles. The fourth-order valence-corrected chi connectivity index (χ4v) is 3.17. The monoisotopic (exact) mass is 388 g/mol. The minimum absolute atomic E-state index is 0.182. The van der Waals surface area contributed by atoms with Crippen LogP contribution in [-0.2, 0) is 11.8 Å². The first-order valence-corrected chi connectivity index (χ1v) is 7.97. The molecule has 2 N–H and O–H groups in total. The molecule has 2 nitrogen and oxygen atoms in total. The van der Waals surface area contributed by atoms with E-state index in [4.69, 9.17) is 23.2 Å². The van der Waals surface area contributed by atoms with Crippen LogP contribution >= 0.6 is 39.1 Å². The van der Waals surface area contributed by atoms with E-state index in [0.717, 1.165) is 15.6 Å². The molecule has 0 aliphatic rings. The van der Waals surface area contributed by atoms with Gasteiger partial charge in [-0.15, -0.1) is 0 Å². The van der Waals surface area contributed by atoms with Crippen LogP contribution < -0.4 is 0 Å². The summed E-state index contributed by atoms with van der Waals surface area (Å²) in [5.74, 6) is 0. The van der Waals surface area contributed by atoms with Crippen molar-refractivity contribution in [2.24, 2.45) is 0 Å². The second kappa shape index (κ2) is 7.12. The summed E-state index contributed by atoms with van der Waals surface area (Å²) in [7, 11) is 0. The summed E-state index contributed by atoms with van der Waals surface area (Å²) in [6.07, 6.45) is 0.423. The Morgan fingerprint density at radius 3 is 2.29 bits per heavy atom. The summed E-state index contributed by atoms with van der Waals surface area (Å²) in [6.45, 7) is -0.363. The molecule has 0 saturated heterocycles. The molecule has 0 aliphatic carbocycles. The molecule has 2 aromatic carbocycles. The molecule has 21 heavy (non-hydrogen) atoms. The van der Waals surface area contributed by atoms with Gasteiger partial charge < -0.3 is 10.2 Å². The summed E-state index contributed by atoms with van der Waals surface area (Å²) in [5.41, 5.74) is 0.901. The van der Waals surface area contributed by atoms with Gasteiger partial charge in [0.2, 0.25) is 0 Å². The van der Waals surface area contributed by atoms with Crippen LogP contribution in [0.25, 0.3) is 0 Å². The molecular weight excluding hydrogens is 375 g/mol. The van der Waals surface area contributed by atoms with Crippen LogP contribution in [0.3, 0.4) is 0 Å². The van der Waals surface area contributed by atoms with E-state index in [1.807, 2.05) is 30.3 Å². The third-order valence-electron chi connectivity index (χ3n) is 3.59. The molecule has 0 bridgehead atoms. The van der Waals surface area contributed by atoms with Crippen LogP contribution in [0.4, 0.5) is 0 Å².